The third-order valence-electron chi connectivity index (χ3n) is 4.94. The highest BCUT2D eigenvalue weighted by Gasteiger charge is 2.36. The molecule has 6 heteroatoms. The van der Waals surface area contributed by atoms with E-state index >= 15 is 0 Å². The van der Waals surface area contributed by atoms with Crippen LogP contribution in [0, 0.1) is 11.8 Å². The molecular weight excluding hydrogens is 298 g/mol. The van der Waals surface area contributed by atoms with Crippen molar-refractivity contribution >= 4 is 17.4 Å². The number of aliphatic hydroxyl groups is 1. The molecule has 122 valence electrons. The van der Waals surface area contributed by atoms with E-state index in [0.717, 1.165) is 26.2 Å². The Hall–Kier alpha value is -0.980. The SMILES string of the molecule is O=C(c1ccns1)N1C[C@@H](CO)[C@@H](CN2CCCCCC2)C1. The summed E-state index contributed by atoms with van der Waals surface area (Å²) in [5, 5.41) is 9.69. The third-order valence-corrected chi connectivity index (χ3v) is 5.67. The van der Waals surface area contributed by atoms with Gasteiger partial charge in [0.2, 0.25) is 0 Å². The molecule has 1 amide bonds. The molecule has 0 spiro atoms. The van der Waals surface area contributed by atoms with Crippen LogP contribution in [0.2, 0.25) is 0 Å². The number of aromatic nitrogens is 1. The van der Waals surface area contributed by atoms with Gasteiger partial charge in [-0.3, -0.25) is 4.79 Å². The molecule has 1 aromatic rings. The van der Waals surface area contributed by atoms with Crippen LogP contribution in [0.4, 0.5) is 0 Å². The minimum Gasteiger partial charge on any atom is -0.396 e. The summed E-state index contributed by atoms with van der Waals surface area (Å²) in [5.74, 6) is 0.666. The van der Waals surface area contributed by atoms with Gasteiger partial charge in [-0.1, -0.05) is 12.8 Å². The molecule has 2 aliphatic heterocycles. The second-order valence-corrected chi connectivity index (χ2v) is 7.34. The Bertz CT molecular complexity index is 472. The molecule has 0 bridgehead atoms. The van der Waals surface area contributed by atoms with Gasteiger partial charge in [-0.25, -0.2) is 4.37 Å². The summed E-state index contributed by atoms with van der Waals surface area (Å²) >= 11 is 1.25. The van der Waals surface area contributed by atoms with Crippen molar-refractivity contribution < 1.29 is 9.90 Å². The van der Waals surface area contributed by atoms with Gasteiger partial charge < -0.3 is 14.9 Å². The van der Waals surface area contributed by atoms with Gasteiger partial charge >= 0.3 is 0 Å². The van der Waals surface area contributed by atoms with Crippen molar-refractivity contribution in [1.82, 2.24) is 14.2 Å². The minimum atomic E-state index is 0.0688. The van der Waals surface area contributed by atoms with E-state index in [4.69, 9.17) is 0 Å². The highest BCUT2D eigenvalue weighted by Crippen LogP contribution is 2.27. The topological polar surface area (TPSA) is 56.7 Å². The monoisotopic (exact) mass is 323 g/mol. The molecular formula is C16H25N3O2S. The Morgan fingerprint density at radius 1 is 1.23 bits per heavy atom. The van der Waals surface area contributed by atoms with Gasteiger partial charge in [0.1, 0.15) is 4.88 Å². The smallest absolute Gasteiger partial charge is 0.265 e. The fraction of sp³-hybridized carbons (Fsp3) is 0.750. The van der Waals surface area contributed by atoms with Crippen molar-refractivity contribution in [3.8, 4) is 0 Å². The standard InChI is InChI=1S/C16H25N3O2S/c20-12-14-11-19(16(21)15-5-6-17-22-15)10-13(14)9-18-7-3-1-2-4-8-18/h5-6,13-14,20H,1-4,7-12H2/t13-,14-/m0/s1. The van der Waals surface area contributed by atoms with Gasteiger partial charge in [0.25, 0.3) is 5.91 Å². The van der Waals surface area contributed by atoms with Crippen LogP contribution in [0.5, 0.6) is 0 Å². The molecule has 1 N–H and O–H groups in total. The third kappa shape index (κ3) is 3.67. The number of hydrogen-bond donors (Lipinski definition) is 1. The number of rotatable bonds is 4. The lowest BCUT2D eigenvalue weighted by molar-refractivity contribution is 0.0784. The van der Waals surface area contributed by atoms with E-state index in [0.29, 0.717) is 17.3 Å². The molecule has 2 saturated heterocycles. The van der Waals surface area contributed by atoms with Crippen molar-refractivity contribution in [2.75, 3.05) is 39.3 Å². The molecule has 2 atom stereocenters. The Kier molecular flexibility index (Phi) is 5.44. The largest absolute Gasteiger partial charge is 0.396 e. The number of hydrogen-bond acceptors (Lipinski definition) is 5. The summed E-state index contributed by atoms with van der Waals surface area (Å²) in [6.07, 6.45) is 6.90. The van der Waals surface area contributed by atoms with Crippen LogP contribution in [0.3, 0.4) is 0 Å². The molecule has 3 heterocycles. The fourth-order valence-corrected chi connectivity index (χ4v) is 4.21. The molecule has 22 heavy (non-hydrogen) atoms. The molecule has 0 unspecified atom stereocenters. The highest BCUT2D eigenvalue weighted by molar-refractivity contribution is 7.08. The first-order chi connectivity index (χ1) is 10.8. The lowest BCUT2D eigenvalue weighted by Gasteiger charge is -2.26. The van der Waals surface area contributed by atoms with Gasteiger partial charge in [-0.15, -0.1) is 0 Å². The van der Waals surface area contributed by atoms with Gasteiger partial charge in [-0.05, 0) is 49.4 Å². The Morgan fingerprint density at radius 3 is 2.59 bits per heavy atom. The first-order valence-corrected chi connectivity index (χ1v) is 9.08. The van der Waals surface area contributed by atoms with Crippen LogP contribution >= 0.6 is 11.5 Å². The van der Waals surface area contributed by atoms with Crippen molar-refractivity contribution in [3.63, 3.8) is 0 Å². The normalized spacial score (nSPS) is 27.0. The fourth-order valence-electron chi connectivity index (χ4n) is 3.65. The zero-order valence-electron chi connectivity index (χ0n) is 13.0. The molecule has 0 aromatic carbocycles. The molecule has 1 aromatic heterocycles. The highest BCUT2D eigenvalue weighted by atomic mass is 32.1. The molecule has 2 fully saturated rings. The van der Waals surface area contributed by atoms with E-state index in [1.165, 1.54) is 37.2 Å². The predicted octanol–water partition coefficient (Wildman–Crippen LogP) is 1.70. The van der Waals surface area contributed by atoms with Gasteiger partial charge in [-0.2, -0.15) is 0 Å². The van der Waals surface area contributed by atoms with Gasteiger partial charge in [0.05, 0.1) is 0 Å². The summed E-state index contributed by atoms with van der Waals surface area (Å²) < 4.78 is 4.01. The van der Waals surface area contributed by atoms with E-state index in [2.05, 4.69) is 9.27 Å². The Morgan fingerprint density at radius 2 is 1.95 bits per heavy atom. The average molecular weight is 323 g/mol. The number of aliphatic hydroxyl groups excluding tert-OH is 1. The Balaban J connectivity index is 1.60. The number of likely N-dealkylation sites (tertiary alicyclic amines) is 2. The molecule has 2 aliphatic rings. The van der Waals surface area contributed by atoms with Crippen molar-refractivity contribution in [2.24, 2.45) is 11.8 Å². The van der Waals surface area contributed by atoms with E-state index in [9.17, 15) is 9.90 Å². The molecule has 0 radical (unpaired) electrons. The van der Waals surface area contributed by atoms with Crippen LogP contribution in [0.1, 0.15) is 35.4 Å². The maximum Gasteiger partial charge on any atom is 0.265 e. The summed E-state index contributed by atoms with van der Waals surface area (Å²) in [4.78, 5) is 17.6. The van der Waals surface area contributed by atoms with E-state index in [1.807, 2.05) is 4.90 Å². The maximum absolute atomic E-state index is 12.5. The number of amides is 1. The van der Waals surface area contributed by atoms with Gasteiger partial charge in [0.15, 0.2) is 0 Å². The van der Waals surface area contributed by atoms with Crippen LogP contribution in [0.25, 0.3) is 0 Å². The Labute approximate surface area is 136 Å². The molecule has 0 aliphatic carbocycles. The number of carbonyl (C=O) groups is 1. The van der Waals surface area contributed by atoms with Crippen LogP contribution in [-0.2, 0) is 0 Å². The number of nitrogens with zero attached hydrogens (tertiary/aromatic N) is 3. The molecule has 0 saturated carbocycles. The van der Waals surface area contributed by atoms with E-state index in [1.54, 1.807) is 12.3 Å². The summed E-state index contributed by atoms with van der Waals surface area (Å²) in [6, 6.07) is 1.78. The van der Waals surface area contributed by atoms with Crippen LogP contribution in [0.15, 0.2) is 12.3 Å². The van der Waals surface area contributed by atoms with E-state index < -0.39 is 0 Å². The zero-order valence-corrected chi connectivity index (χ0v) is 13.8. The summed E-state index contributed by atoms with van der Waals surface area (Å²) in [7, 11) is 0. The number of carbonyl (C=O) groups excluding carboxylic acids is 1. The van der Waals surface area contributed by atoms with Crippen molar-refractivity contribution in [1.29, 1.82) is 0 Å². The van der Waals surface area contributed by atoms with Crippen molar-refractivity contribution in [3.05, 3.63) is 17.1 Å². The lowest BCUT2D eigenvalue weighted by atomic mass is 9.96. The van der Waals surface area contributed by atoms with Crippen LogP contribution in [-0.4, -0.2) is 64.5 Å². The van der Waals surface area contributed by atoms with E-state index in [-0.39, 0.29) is 18.4 Å². The maximum atomic E-state index is 12.5. The predicted molar refractivity (Wildman–Crippen MR) is 87.0 cm³/mol. The zero-order chi connectivity index (χ0) is 15.4. The van der Waals surface area contributed by atoms with Crippen LogP contribution < -0.4 is 0 Å². The minimum absolute atomic E-state index is 0.0688. The average Bonchev–Trinajstić information content (AvgIpc) is 3.12. The first kappa shape index (κ1) is 15.9. The summed E-state index contributed by atoms with van der Waals surface area (Å²) in [5.41, 5.74) is 0. The molecule has 5 nitrogen and oxygen atoms in total. The quantitative estimate of drug-likeness (QED) is 0.916. The second-order valence-electron chi connectivity index (χ2n) is 6.50. The molecule has 3 rings (SSSR count). The summed E-state index contributed by atoms with van der Waals surface area (Å²) in [6.45, 7) is 4.95. The second kappa shape index (κ2) is 7.53. The first-order valence-electron chi connectivity index (χ1n) is 8.31. The lowest BCUT2D eigenvalue weighted by Crippen LogP contribution is -2.35. The van der Waals surface area contributed by atoms with Gasteiger partial charge in [0, 0.05) is 38.4 Å². The van der Waals surface area contributed by atoms with Crippen molar-refractivity contribution in [2.45, 2.75) is 25.7 Å².